The van der Waals surface area contributed by atoms with E-state index in [1.54, 1.807) is 0 Å². The van der Waals surface area contributed by atoms with Gasteiger partial charge in [0.2, 0.25) is 5.82 Å². The fraction of sp³-hybridized carbons (Fsp3) is 0.692. The maximum atomic E-state index is 13.6. The summed E-state index contributed by atoms with van der Waals surface area (Å²) < 4.78 is 76.1. The molecule has 35 heavy (non-hydrogen) atoms. The Balaban J connectivity index is 2.05. The highest BCUT2D eigenvalue weighted by Gasteiger charge is 2.26. The van der Waals surface area contributed by atoms with Crippen molar-refractivity contribution in [2.24, 2.45) is 0 Å². The molecule has 0 saturated heterocycles. The van der Waals surface area contributed by atoms with E-state index in [0.717, 1.165) is 19.3 Å². The summed E-state index contributed by atoms with van der Waals surface area (Å²) >= 11 is 0. The molecule has 200 valence electrons. The summed E-state index contributed by atoms with van der Waals surface area (Å²) in [5.74, 6) is -12.0. The van der Waals surface area contributed by atoms with Crippen molar-refractivity contribution in [3.05, 3.63) is 34.6 Å². The predicted molar refractivity (Wildman–Crippen MR) is 122 cm³/mol. The Morgan fingerprint density at radius 1 is 0.543 bits per heavy atom. The summed E-state index contributed by atoms with van der Waals surface area (Å²) in [6.07, 6.45) is 14.2. The Kier molecular flexibility index (Phi) is 16.0. The second-order valence-corrected chi connectivity index (χ2v) is 8.67. The van der Waals surface area contributed by atoms with Crippen LogP contribution in [0.25, 0.3) is 0 Å². The first-order chi connectivity index (χ1) is 16.8. The number of hydrogen-bond donors (Lipinski definition) is 0. The highest BCUT2D eigenvalue weighted by Crippen LogP contribution is 2.23. The molecule has 0 aliphatic heterocycles. The smallest absolute Gasteiger partial charge is 0.306 e. The van der Waals surface area contributed by atoms with E-state index in [-0.39, 0.29) is 19.3 Å². The van der Waals surface area contributed by atoms with Crippen LogP contribution in [0.3, 0.4) is 0 Å². The van der Waals surface area contributed by atoms with Gasteiger partial charge in [-0.2, -0.15) is 0 Å². The van der Waals surface area contributed by atoms with Gasteiger partial charge in [-0.25, -0.2) is 22.0 Å². The lowest BCUT2D eigenvalue weighted by molar-refractivity contribution is -0.146. The lowest BCUT2D eigenvalue weighted by atomic mass is 10.1. The van der Waals surface area contributed by atoms with E-state index < -0.39 is 53.2 Å². The average Bonchev–Trinajstić information content (AvgIpc) is 2.84. The van der Waals surface area contributed by atoms with Gasteiger partial charge >= 0.3 is 11.9 Å². The molecular weight excluding hydrogens is 471 g/mol. The Hall–Kier alpha value is -2.19. The third kappa shape index (κ3) is 12.4. The molecule has 0 amide bonds. The van der Waals surface area contributed by atoms with Gasteiger partial charge in [0.25, 0.3) is 0 Å². The monoisotopic (exact) mass is 508 g/mol. The van der Waals surface area contributed by atoms with Crippen LogP contribution in [0.1, 0.15) is 109 Å². The normalized spacial score (nSPS) is 11.0. The fourth-order valence-electron chi connectivity index (χ4n) is 3.58. The minimum Gasteiger partial charge on any atom is -0.466 e. The second kappa shape index (κ2) is 18.1. The van der Waals surface area contributed by atoms with Gasteiger partial charge in [0.1, 0.15) is 6.61 Å². The van der Waals surface area contributed by atoms with E-state index in [1.807, 2.05) is 0 Å². The lowest BCUT2D eigenvalue weighted by Gasteiger charge is -2.09. The zero-order chi connectivity index (χ0) is 26.1. The van der Waals surface area contributed by atoms with Crippen LogP contribution >= 0.6 is 0 Å². The number of benzene rings is 1. The number of esters is 2. The van der Waals surface area contributed by atoms with Crippen LogP contribution in [0.4, 0.5) is 22.0 Å². The first kappa shape index (κ1) is 30.8. The second-order valence-electron chi connectivity index (χ2n) is 8.67. The zero-order valence-corrected chi connectivity index (χ0v) is 20.5. The minimum absolute atomic E-state index is 0.0458. The number of hydrogen-bond acceptors (Lipinski definition) is 4. The van der Waals surface area contributed by atoms with Crippen molar-refractivity contribution in [2.45, 2.75) is 110 Å². The highest BCUT2D eigenvalue weighted by atomic mass is 19.2. The van der Waals surface area contributed by atoms with Crippen molar-refractivity contribution in [3.8, 4) is 0 Å². The summed E-state index contributed by atoms with van der Waals surface area (Å²) in [5, 5.41) is 0. The molecule has 0 spiro atoms. The standard InChI is InChI=1S/C26H37F5O4/c1-2-3-4-5-6-7-8-9-10-11-12-13-17-34-20(32)15-14-16-21(33)35-18-19-22(27)24(29)26(31)25(30)23(19)28/h2-18H2,1H3. The Morgan fingerprint density at radius 3 is 1.43 bits per heavy atom. The molecular formula is C26H37F5O4. The van der Waals surface area contributed by atoms with Crippen LogP contribution in [-0.2, 0) is 25.7 Å². The molecule has 0 radical (unpaired) electrons. The molecule has 0 N–H and O–H groups in total. The maximum absolute atomic E-state index is 13.6. The van der Waals surface area contributed by atoms with E-state index in [4.69, 9.17) is 4.74 Å². The van der Waals surface area contributed by atoms with Gasteiger partial charge in [-0.15, -0.1) is 0 Å². The van der Waals surface area contributed by atoms with Gasteiger partial charge in [-0.3, -0.25) is 9.59 Å². The van der Waals surface area contributed by atoms with E-state index in [2.05, 4.69) is 11.7 Å². The molecule has 0 bridgehead atoms. The van der Waals surface area contributed by atoms with Gasteiger partial charge < -0.3 is 9.47 Å². The lowest BCUT2D eigenvalue weighted by Crippen LogP contribution is -2.12. The fourth-order valence-corrected chi connectivity index (χ4v) is 3.58. The predicted octanol–water partition coefficient (Wildman–Crippen LogP) is 7.84. The summed E-state index contributed by atoms with van der Waals surface area (Å²) in [5.41, 5.74) is -1.23. The first-order valence-corrected chi connectivity index (χ1v) is 12.6. The molecule has 0 unspecified atom stereocenters. The Morgan fingerprint density at radius 2 is 0.943 bits per heavy atom. The number of halogens is 5. The van der Waals surface area contributed by atoms with Crippen LogP contribution in [0.15, 0.2) is 0 Å². The zero-order valence-electron chi connectivity index (χ0n) is 20.5. The van der Waals surface area contributed by atoms with E-state index >= 15 is 0 Å². The van der Waals surface area contributed by atoms with Crippen LogP contribution in [0, 0.1) is 29.1 Å². The topological polar surface area (TPSA) is 52.6 Å². The largest absolute Gasteiger partial charge is 0.466 e. The number of ether oxygens (including phenoxy) is 2. The molecule has 1 rings (SSSR count). The van der Waals surface area contributed by atoms with Gasteiger partial charge in [0.05, 0.1) is 12.2 Å². The summed E-state index contributed by atoms with van der Waals surface area (Å²) in [6.45, 7) is 1.42. The third-order valence-corrected chi connectivity index (χ3v) is 5.70. The molecule has 1 aromatic carbocycles. The minimum atomic E-state index is -2.28. The van der Waals surface area contributed by atoms with Gasteiger partial charge in [-0.05, 0) is 12.8 Å². The Bertz CT molecular complexity index is 756. The van der Waals surface area contributed by atoms with Crippen LogP contribution < -0.4 is 0 Å². The molecule has 0 aliphatic carbocycles. The molecule has 0 atom stereocenters. The van der Waals surface area contributed by atoms with E-state index in [0.29, 0.717) is 6.61 Å². The van der Waals surface area contributed by atoms with Crippen molar-refractivity contribution in [2.75, 3.05) is 6.61 Å². The molecule has 0 heterocycles. The Labute approximate surface area is 204 Å². The SMILES string of the molecule is CCCCCCCCCCCCCCOC(=O)CCCC(=O)OCc1c(F)c(F)c(F)c(F)c1F. The molecule has 0 aliphatic rings. The molecule has 4 nitrogen and oxygen atoms in total. The summed E-state index contributed by atoms with van der Waals surface area (Å²) in [4.78, 5) is 23.4. The van der Waals surface area contributed by atoms with Crippen molar-refractivity contribution >= 4 is 11.9 Å². The van der Waals surface area contributed by atoms with Crippen LogP contribution in [0.5, 0.6) is 0 Å². The van der Waals surface area contributed by atoms with Crippen molar-refractivity contribution in [1.29, 1.82) is 0 Å². The first-order valence-electron chi connectivity index (χ1n) is 12.6. The maximum Gasteiger partial charge on any atom is 0.306 e. The number of rotatable bonds is 19. The van der Waals surface area contributed by atoms with Gasteiger partial charge in [0, 0.05) is 12.8 Å². The number of carbonyl (C=O) groups is 2. The quantitative estimate of drug-likeness (QED) is 0.0628. The van der Waals surface area contributed by atoms with Crippen molar-refractivity contribution in [1.82, 2.24) is 0 Å². The van der Waals surface area contributed by atoms with Gasteiger partial charge in [0.15, 0.2) is 23.3 Å². The third-order valence-electron chi connectivity index (χ3n) is 5.70. The molecule has 0 fully saturated rings. The van der Waals surface area contributed by atoms with Crippen molar-refractivity contribution < 1.29 is 41.0 Å². The summed E-state index contributed by atoms with van der Waals surface area (Å²) in [6, 6.07) is 0. The number of carbonyl (C=O) groups excluding carboxylic acids is 2. The number of unbranched alkanes of at least 4 members (excludes halogenated alkanes) is 11. The summed E-state index contributed by atoms with van der Waals surface area (Å²) in [7, 11) is 0. The van der Waals surface area contributed by atoms with Gasteiger partial charge in [-0.1, -0.05) is 77.6 Å². The van der Waals surface area contributed by atoms with Crippen LogP contribution in [-0.4, -0.2) is 18.5 Å². The van der Waals surface area contributed by atoms with Crippen molar-refractivity contribution in [3.63, 3.8) is 0 Å². The molecule has 0 saturated carbocycles. The molecule has 1 aromatic rings. The highest BCUT2D eigenvalue weighted by molar-refractivity contribution is 5.72. The molecule has 9 heteroatoms. The van der Waals surface area contributed by atoms with E-state index in [1.165, 1.54) is 57.8 Å². The average molecular weight is 509 g/mol. The van der Waals surface area contributed by atoms with E-state index in [9.17, 15) is 31.5 Å². The molecule has 0 aromatic heterocycles. The van der Waals surface area contributed by atoms with Crippen LogP contribution in [0.2, 0.25) is 0 Å².